The molecule has 0 bridgehead atoms. The molecule has 2 aliphatic rings. The molecule has 124 valence electrons. The van der Waals surface area contributed by atoms with Gasteiger partial charge >= 0.3 is 0 Å². The van der Waals surface area contributed by atoms with Crippen molar-refractivity contribution in [1.82, 2.24) is 15.1 Å². The van der Waals surface area contributed by atoms with Gasteiger partial charge in [-0.1, -0.05) is 12.5 Å². The quantitative estimate of drug-likeness (QED) is 0.839. The smallest absolute Gasteiger partial charge is 0.0571 e. The van der Waals surface area contributed by atoms with E-state index < -0.39 is 0 Å². The Balaban J connectivity index is 1.74. The van der Waals surface area contributed by atoms with E-state index in [0.717, 1.165) is 39.1 Å². The summed E-state index contributed by atoms with van der Waals surface area (Å²) in [6.07, 6.45) is 4.77. The molecule has 0 aliphatic carbocycles. The third-order valence-corrected chi connectivity index (χ3v) is 6.02. The Morgan fingerprint density at radius 1 is 1.27 bits per heavy atom. The number of piperidine rings is 1. The van der Waals surface area contributed by atoms with Crippen LogP contribution in [0.3, 0.4) is 0 Å². The lowest BCUT2D eigenvalue weighted by molar-refractivity contribution is 0.0529. The lowest BCUT2D eigenvalue weighted by Crippen LogP contribution is -2.50. The van der Waals surface area contributed by atoms with Gasteiger partial charge in [-0.2, -0.15) is 0 Å². The summed E-state index contributed by atoms with van der Waals surface area (Å²) in [6, 6.07) is 5.52. The number of rotatable bonds is 6. The van der Waals surface area contributed by atoms with E-state index in [0.29, 0.717) is 18.7 Å². The molecule has 0 amide bonds. The van der Waals surface area contributed by atoms with Gasteiger partial charge in [-0.3, -0.25) is 9.80 Å². The fourth-order valence-electron chi connectivity index (χ4n) is 3.87. The van der Waals surface area contributed by atoms with Crippen molar-refractivity contribution in [1.29, 1.82) is 0 Å². The number of hydrogen-bond acceptors (Lipinski definition) is 5. The lowest BCUT2D eigenvalue weighted by Gasteiger charge is -2.43. The average Bonchev–Trinajstić information content (AvgIpc) is 3.09. The fraction of sp³-hybridized carbons (Fsp3) is 0.765. The van der Waals surface area contributed by atoms with E-state index in [4.69, 9.17) is 0 Å². The minimum Gasteiger partial charge on any atom is -0.396 e. The van der Waals surface area contributed by atoms with Crippen molar-refractivity contribution < 1.29 is 5.11 Å². The van der Waals surface area contributed by atoms with Gasteiger partial charge in [0.25, 0.3) is 0 Å². The molecule has 3 rings (SSSR count). The zero-order valence-corrected chi connectivity index (χ0v) is 14.2. The van der Waals surface area contributed by atoms with Crippen molar-refractivity contribution >= 4 is 11.3 Å². The Hall–Kier alpha value is -0.460. The van der Waals surface area contributed by atoms with Gasteiger partial charge in [0.15, 0.2) is 0 Å². The predicted octanol–water partition coefficient (Wildman–Crippen LogP) is 1.93. The maximum absolute atomic E-state index is 9.43. The van der Waals surface area contributed by atoms with Crippen molar-refractivity contribution in [2.75, 3.05) is 45.9 Å². The van der Waals surface area contributed by atoms with Gasteiger partial charge in [-0.15, -0.1) is 11.3 Å². The standard InChI is InChI=1S/C17H29N3OS/c21-12-6-15-4-1-2-9-20(15)16(17-5-3-13-22-17)14-19-10-7-18-8-11-19/h3,5,13,15-16,18,21H,1-2,4,6-12,14H2. The Labute approximate surface area is 138 Å². The molecular weight excluding hydrogens is 294 g/mol. The Morgan fingerprint density at radius 3 is 2.86 bits per heavy atom. The molecule has 2 unspecified atom stereocenters. The highest BCUT2D eigenvalue weighted by molar-refractivity contribution is 7.10. The summed E-state index contributed by atoms with van der Waals surface area (Å²) in [5.41, 5.74) is 0. The van der Waals surface area contributed by atoms with Crippen LogP contribution >= 0.6 is 11.3 Å². The Morgan fingerprint density at radius 2 is 2.14 bits per heavy atom. The minimum absolute atomic E-state index is 0.311. The van der Waals surface area contributed by atoms with E-state index in [-0.39, 0.29) is 0 Å². The molecule has 0 spiro atoms. The molecular formula is C17H29N3OS. The summed E-state index contributed by atoms with van der Waals surface area (Å²) in [5.74, 6) is 0. The van der Waals surface area contributed by atoms with E-state index in [2.05, 4.69) is 32.6 Å². The van der Waals surface area contributed by atoms with Crippen LogP contribution in [0.1, 0.15) is 36.6 Å². The summed E-state index contributed by atoms with van der Waals surface area (Å²) in [7, 11) is 0. The number of nitrogens with one attached hydrogen (secondary N) is 1. The van der Waals surface area contributed by atoms with Crippen LogP contribution in [-0.4, -0.2) is 66.8 Å². The Bertz CT molecular complexity index is 418. The molecule has 3 heterocycles. The van der Waals surface area contributed by atoms with Crippen LogP contribution in [0, 0.1) is 0 Å². The monoisotopic (exact) mass is 323 g/mol. The Kier molecular flexibility index (Phi) is 6.27. The highest BCUT2D eigenvalue weighted by Gasteiger charge is 2.31. The lowest BCUT2D eigenvalue weighted by atomic mass is 9.96. The second-order valence-corrected chi connectivity index (χ2v) is 7.46. The van der Waals surface area contributed by atoms with E-state index in [1.807, 2.05) is 11.3 Å². The van der Waals surface area contributed by atoms with Gasteiger partial charge in [-0.05, 0) is 37.3 Å². The first-order valence-corrected chi connectivity index (χ1v) is 9.59. The molecule has 2 saturated heterocycles. The van der Waals surface area contributed by atoms with Crippen LogP contribution in [0.15, 0.2) is 17.5 Å². The molecule has 0 radical (unpaired) electrons. The molecule has 1 aromatic rings. The van der Waals surface area contributed by atoms with Gasteiger partial charge in [-0.25, -0.2) is 0 Å². The molecule has 1 aromatic heterocycles. The summed E-state index contributed by atoms with van der Waals surface area (Å²) in [6.45, 7) is 7.14. The topological polar surface area (TPSA) is 38.7 Å². The van der Waals surface area contributed by atoms with Crippen LogP contribution in [0.25, 0.3) is 0 Å². The largest absolute Gasteiger partial charge is 0.396 e. The van der Waals surface area contributed by atoms with Gasteiger partial charge in [0.1, 0.15) is 0 Å². The van der Waals surface area contributed by atoms with Gasteiger partial charge in [0.2, 0.25) is 0 Å². The molecule has 0 aromatic carbocycles. The molecule has 2 fully saturated rings. The molecule has 22 heavy (non-hydrogen) atoms. The van der Waals surface area contributed by atoms with Crippen LogP contribution < -0.4 is 5.32 Å². The fourth-order valence-corrected chi connectivity index (χ4v) is 4.71. The van der Waals surface area contributed by atoms with Gasteiger partial charge in [0, 0.05) is 50.2 Å². The molecule has 5 heteroatoms. The summed E-state index contributed by atoms with van der Waals surface area (Å²) in [5, 5.41) is 15.1. The van der Waals surface area contributed by atoms with Crippen LogP contribution in [0.4, 0.5) is 0 Å². The van der Waals surface area contributed by atoms with Crippen molar-refractivity contribution in [2.45, 2.75) is 37.8 Å². The average molecular weight is 324 g/mol. The van der Waals surface area contributed by atoms with E-state index in [9.17, 15) is 5.11 Å². The van der Waals surface area contributed by atoms with Crippen molar-refractivity contribution in [2.24, 2.45) is 0 Å². The van der Waals surface area contributed by atoms with E-state index >= 15 is 0 Å². The minimum atomic E-state index is 0.311. The second kappa shape index (κ2) is 8.41. The number of aliphatic hydroxyl groups excluding tert-OH is 1. The molecule has 2 aliphatic heterocycles. The van der Waals surface area contributed by atoms with Crippen molar-refractivity contribution in [3.8, 4) is 0 Å². The molecule has 4 nitrogen and oxygen atoms in total. The highest BCUT2D eigenvalue weighted by atomic mass is 32.1. The molecule has 2 atom stereocenters. The number of aliphatic hydroxyl groups is 1. The maximum Gasteiger partial charge on any atom is 0.0571 e. The van der Waals surface area contributed by atoms with Crippen LogP contribution in [0.2, 0.25) is 0 Å². The SMILES string of the molecule is OCCC1CCCCN1C(CN1CCNCC1)c1cccs1. The first-order chi connectivity index (χ1) is 10.9. The maximum atomic E-state index is 9.43. The number of piperazine rings is 1. The zero-order chi connectivity index (χ0) is 15.2. The zero-order valence-electron chi connectivity index (χ0n) is 13.4. The highest BCUT2D eigenvalue weighted by Crippen LogP contribution is 2.33. The third kappa shape index (κ3) is 4.09. The number of hydrogen-bond donors (Lipinski definition) is 2. The molecule has 2 N–H and O–H groups in total. The number of nitrogens with zero attached hydrogens (tertiary/aromatic N) is 2. The van der Waals surface area contributed by atoms with Crippen molar-refractivity contribution in [3.63, 3.8) is 0 Å². The van der Waals surface area contributed by atoms with E-state index in [1.54, 1.807) is 0 Å². The normalized spacial score (nSPS) is 26.1. The van der Waals surface area contributed by atoms with Crippen LogP contribution in [0.5, 0.6) is 0 Å². The second-order valence-electron chi connectivity index (χ2n) is 6.48. The van der Waals surface area contributed by atoms with Gasteiger partial charge < -0.3 is 10.4 Å². The summed E-state index contributed by atoms with van der Waals surface area (Å²) in [4.78, 5) is 6.78. The van der Waals surface area contributed by atoms with Gasteiger partial charge in [0.05, 0.1) is 6.04 Å². The first-order valence-electron chi connectivity index (χ1n) is 8.71. The summed E-state index contributed by atoms with van der Waals surface area (Å²) >= 11 is 1.89. The third-order valence-electron chi connectivity index (χ3n) is 5.05. The first kappa shape index (κ1) is 16.4. The molecule has 0 saturated carbocycles. The van der Waals surface area contributed by atoms with Crippen LogP contribution in [-0.2, 0) is 0 Å². The number of thiophene rings is 1. The number of likely N-dealkylation sites (tertiary alicyclic amines) is 1. The predicted molar refractivity (Wildman–Crippen MR) is 92.4 cm³/mol. The summed E-state index contributed by atoms with van der Waals surface area (Å²) < 4.78 is 0. The van der Waals surface area contributed by atoms with Crippen molar-refractivity contribution in [3.05, 3.63) is 22.4 Å². The van der Waals surface area contributed by atoms with E-state index in [1.165, 1.54) is 30.7 Å².